The fourth-order valence-corrected chi connectivity index (χ4v) is 4.13. The molecule has 0 saturated heterocycles. The predicted octanol–water partition coefficient (Wildman–Crippen LogP) is 5.50. The highest BCUT2D eigenvalue weighted by Gasteiger charge is 2.23. The first-order valence-electron chi connectivity index (χ1n) is 8.73. The number of methoxy groups -OCH3 is 1. The van der Waals surface area contributed by atoms with Crippen LogP contribution in [0.25, 0.3) is 6.08 Å². The van der Waals surface area contributed by atoms with Crippen LogP contribution >= 0.6 is 11.6 Å². The number of hydrogen-bond donors (Lipinski definition) is 0. The van der Waals surface area contributed by atoms with Gasteiger partial charge in [0.2, 0.25) is 0 Å². The van der Waals surface area contributed by atoms with Crippen LogP contribution in [-0.2, 0) is 16.6 Å². The van der Waals surface area contributed by atoms with Crippen LogP contribution < -0.4 is 9.04 Å². The summed E-state index contributed by atoms with van der Waals surface area (Å²) in [5.41, 5.74) is 1.19. The summed E-state index contributed by atoms with van der Waals surface area (Å²) in [6, 6.07) is 19.8. The molecule has 0 aliphatic carbocycles. The molecule has 0 spiro atoms. The molecular formula is C22H19ClFNO3S. The summed E-state index contributed by atoms with van der Waals surface area (Å²) in [7, 11) is -2.42. The van der Waals surface area contributed by atoms with E-state index in [1.165, 1.54) is 31.4 Å². The number of hydrogen-bond acceptors (Lipinski definition) is 3. The maximum absolute atomic E-state index is 14.3. The number of benzene rings is 3. The Hall–Kier alpha value is -2.83. The molecule has 0 aliphatic rings. The molecule has 0 fully saturated rings. The van der Waals surface area contributed by atoms with Crippen molar-refractivity contribution in [1.82, 2.24) is 0 Å². The lowest BCUT2D eigenvalue weighted by molar-refractivity contribution is 0.415. The lowest BCUT2D eigenvalue weighted by atomic mass is 10.2. The first-order valence-corrected chi connectivity index (χ1v) is 10.6. The Kier molecular flexibility index (Phi) is 6.56. The van der Waals surface area contributed by atoms with Crippen molar-refractivity contribution in [3.8, 4) is 5.75 Å². The fraction of sp³-hybridized carbons (Fsp3) is 0.0909. The van der Waals surface area contributed by atoms with Gasteiger partial charge >= 0.3 is 0 Å². The van der Waals surface area contributed by atoms with Gasteiger partial charge in [-0.1, -0.05) is 48.0 Å². The third kappa shape index (κ3) is 5.16. The molecule has 29 heavy (non-hydrogen) atoms. The molecule has 3 rings (SSSR count). The fourth-order valence-electron chi connectivity index (χ4n) is 2.71. The summed E-state index contributed by atoms with van der Waals surface area (Å²) in [5.74, 6) is 0.00750. The van der Waals surface area contributed by atoms with Gasteiger partial charge in [0.25, 0.3) is 10.0 Å². The van der Waals surface area contributed by atoms with Crippen molar-refractivity contribution in [2.75, 3.05) is 11.4 Å². The van der Waals surface area contributed by atoms with Crippen molar-refractivity contribution in [3.05, 3.63) is 100 Å². The highest BCUT2D eigenvalue weighted by atomic mass is 35.5. The number of rotatable bonds is 7. The molecule has 7 heteroatoms. The molecule has 0 N–H and O–H groups in total. The minimum atomic E-state index is -3.94. The maximum Gasteiger partial charge on any atom is 0.257 e. The van der Waals surface area contributed by atoms with Gasteiger partial charge in [-0.2, -0.15) is 0 Å². The second-order valence-corrected chi connectivity index (χ2v) is 8.31. The number of anilines is 1. The Labute approximate surface area is 174 Å². The van der Waals surface area contributed by atoms with E-state index in [2.05, 4.69) is 0 Å². The second-order valence-electron chi connectivity index (χ2n) is 6.16. The zero-order valence-corrected chi connectivity index (χ0v) is 17.2. The van der Waals surface area contributed by atoms with Crippen molar-refractivity contribution >= 4 is 33.4 Å². The number of ether oxygens (including phenoxy) is 1. The van der Waals surface area contributed by atoms with Crippen LogP contribution in [0, 0.1) is 5.82 Å². The Morgan fingerprint density at radius 1 is 1.00 bits per heavy atom. The Morgan fingerprint density at radius 2 is 1.69 bits per heavy atom. The molecule has 150 valence electrons. The molecule has 0 unspecified atom stereocenters. The van der Waals surface area contributed by atoms with E-state index in [1.807, 2.05) is 18.2 Å². The minimum Gasteiger partial charge on any atom is -0.497 e. The van der Waals surface area contributed by atoms with E-state index >= 15 is 0 Å². The monoisotopic (exact) mass is 431 g/mol. The van der Waals surface area contributed by atoms with Crippen LogP contribution in [0.1, 0.15) is 11.1 Å². The summed E-state index contributed by atoms with van der Waals surface area (Å²) >= 11 is 6.13. The van der Waals surface area contributed by atoms with Crippen LogP contribution in [0.4, 0.5) is 10.1 Å². The number of nitrogens with zero attached hydrogens (tertiary/aromatic N) is 1. The zero-order valence-electron chi connectivity index (χ0n) is 15.6. The molecule has 0 atom stereocenters. The topological polar surface area (TPSA) is 46.6 Å². The van der Waals surface area contributed by atoms with E-state index in [0.29, 0.717) is 11.4 Å². The summed E-state index contributed by atoms with van der Waals surface area (Å²) in [6.45, 7) is -0.251. The van der Waals surface area contributed by atoms with Crippen molar-refractivity contribution < 1.29 is 17.5 Å². The predicted molar refractivity (Wildman–Crippen MR) is 115 cm³/mol. The van der Waals surface area contributed by atoms with Crippen LogP contribution in [0.3, 0.4) is 0 Å². The third-order valence-electron chi connectivity index (χ3n) is 4.26. The molecule has 0 bridgehead atoms. The lowest BCUT2D eigenvalue weighted by Crippen LogP contribution is -2.29. The highest BCUT2D eigenvalue weighted by molar-refractivity contribution is 7.95. The highest BCUT2D eigenvalue weighted by Crippen LogP contribution is 2.28. The van der Waals surface area contributed by atoms with Crippen molar-refractivity contribution in [2.45, 2.75) is 6.54 Å². The van der Waals surface area contributed by atoms with E-state index in [0.717, 1.165) is 15.3 Å². The Bertz CT molecular complexity index is 1080. The first kappa shape index (κ1) is 20.9. The summed E-state index contributed by atoms with van der Waals surface area (Å²) in [4.78, 5) is 0. The standard InChI is InChI=1S/C22H19ClFNO3S/c1-28-19-12-10-18(11-13-19)25(16-20-21(23)8-5-9-22(20)24)29(26,27)15-14-17-6-3-2-4-7-17/h2-15H,16H2,1H3. The van der Waals surface area contributed by atoms with Crippen LogP contribution in [0.5, 0.6) is 5.75 Å². The average Bonchev–Trinajstić information content (AvgIpc) is 2.73. The van der Waals surface area contributed by atoms with Crippen LogP contribution in [0.2, 0.25) is 5.02 Å². The van der Waals surface area contributed by atoms with E-state index < -0.39 is 15.8 Å². The maximum atomic E-state index is 14.3. The van der Waals surface area contributed by atoms with Gasteiger partial charge in [0.1, 0.15) is 11.6 Å². The van der Waals surface area contributed by atoms with E-state index in [4.69, 9.17) is 16.3 Å². The molecule has 0 saturated carbocycles. The van der Waals surface area contributed by atoms with Crippen LogP contribution in [0.15, 0.2) is 78.2 Å². The van der Waals surface area contributed by atoms with Gasteiger partial charge in [-0.15, -0.1) is 0 Å². The van der Waals surface area contributed by atoms with Gasteiger partial charge < -0.3 is 4.74 Å². The van der Waals surface area contributed by atoms with E-state index in [1.54, 1.807) is 36.4 Å². The van der Waals surface area contributed by atoms with Crippen molar-refractivity contribution in [2.24, 2.45) is 0 Å². The summed E-state index contributed by atoms with van der Waals surface area (Å²) < 4.78 is 46.8. The molecule has 0 aliphatic heterocycles. The molecule has 3 aromatic carbocycles. The average molecular weight is 432 g/mol. The zero-order chi connectivity index (χ0) is 20.9. The molecule has 0 amide bonds. The Balaban J connectivity index is 2.02. The second kappa shape index (κ2) is 9.11. The number of halogens is 2. The van der Waals surface area contributed by atoms with E-state index in [9.17, 15) is 12.8 Å². The van der Waals surface area contributed by atoms with Gasteiger partial charge in [0, 0.05) is 10.6 Å². The number of sulfonamides is 1. The van der Waals surface area contributed by atoms with Gasteiger partial charge in [0.15, 0.2) is 0 Å². The van der Waals surface area contributed by atoms with Gasteiger partial charge in [-0.25, -0.2) is 12.8 Å². The van der Waals surface area contributed by atoms with E-state index in [-0.39, 0.29) is 17.1 Å². The van der Waals surface area contributed by atoms with Gasteiger partial charge in [0.05, 0.1) is 24.7 Å². The molecule has 3 aromatic rings. The van der Waals surface area contributed by atoms with Crippen LogP contribution in [-0.4, -0.2) is 15.5 Å². The molecular weight excluding hydrogens is 413 g/mol. The SMILES string of the molecule is COc1ccc(N(Cc2c(F)cccc2Cl)S(=O)(=O)C=Cc2ccccc2)cc1. The minimum absolute atomic E-state index is 0.0988. The van der Waals surface area contributed by atoms with Gasteiger partial charge in [-0.05, 0) is 48.0 Å². The van der Waals surface area contributed by atoms with Gasteiger partial charge in [-0.3, -0.25) is 4.31 Å². The molecule has 4 nitrogen and oxygen atoms in total. The lowest BCUT2D eigenvalue weighted by Gasteiger charge is -2.24. The smallest absolute Gasteiger partial charge is 0.257 e. The Morgan fingerprint density at radius 3 is 2.31 bits per heavy atom. The molecule has 0 heterocycles. The quantitative estimate of drug-likeness (QED) is 0.496. The van der Waals surface area contributed by atoms with Crippen molar-refractivity contribution in [3.63, 3.8) is 0 Å². The largest absolute Gasteiger partial charge is 0.497 e. The third-order valence-corrected chi connectivity index (χ3v) is 6.05. The van der Waals surface area contributed by atoms with Crippen molar-refractivity contribution in [1.29, 1.82) is 0 Å². The first-order chi connectivity index (χ1) is 13.9. The molecule has 0 aromatic heterocycles. The summed E-state index contributed by atoms with van der Waals surface area (Å²) in [5, 5.41) is 1.26. The summed E-state index contributed by atoms with van der Waals surface area (Å²) in [6.07, 6.45) is 1.49. The normalized spacial score (nSPS) is 11.6. The molecule has 0 radical (unpaired) electrons.